The average molecular weight is 809 g/mol. The topological polar surface area (TPSA) is 6.48 Å². The second-order valence-electron chi connectivity index (χ2n) is 15.8. The Labute approximate surface area is 375 Å². The van der Waals surface area contributed by atoms with E-state index in [2.05, 4.69) is 157 Å². The molecule has 0 unspecified atom stereocenters. The Hall–Kier alpha value is -8.20. The lowest BCUT2D eigenvalue weighted by atomic mass is 9.67. The molecule has 0 bridgehead atoms. The summed E-state index contributed by atoms with van der Waals surface area (Å²) in [6.07, 6.45) is 0. The van der Waals surface area contributed by atoms with E-state index in [1.807, 2.05) is 91.0 Å². The van der Waals surface area contributed by atoms with Crippen molar-refractivity contribution in [1.82, 2.24) is 0 Å². The highest BCUT2D eigenvalue weighted by atomic mass is 15.1. The Kier molecular flexibility index (Phi) is 8.69. The van der Waals surface area contributed by atoms with Crippen LogP contribution in [-0.4, -0.2) is 0 Å². The molecule has 0 N–H and O–H groups in total. The Morgan fingerprint density at radius 1 is 0.270 bits per heavy atom. The fourth-order valence-corrected chi connectivity index (χ4v) is 9.35. The summed E-state index contributed by atoms with van der Waals surface area (Å²) < 4.78 is 36.9. The molecule has 11 rings (SSSR count). The lowest BCUT2D eigenvalue weighted by Crippen LogP contribution is -2.28. The quantitative estimate of drug-likeness (QED) is 0.136. The number of anilines is 6. The van der Waals surface area contributed by atoms with Crippen LogP contribution < -0.4 is 9.80 Å². The van der Waals surface area contributed by atoms with Crippen molar-refractivity contribution in [3.05, 3.63) is 289 Å². The molecule has 10 aromatic carbocycles. The summed E-state index contributed by atoms with van der Waals surface area (Å²) in [5, 5.41) is 0. The maximum absolute atomic E-state index is 9.24. The van der Waals surface area contributed by atoms with E-state index in [-0.39, 0.29) is 35.4 Å². The third-order valence-electron chi connectivity index (χ3n) is 12.2. The van der Waals surface area contributed by atoms with E-state index >= 15 is 0 Å². The van der Waals surface area contributed by atoms with Crippen molar-refractivity contribution in [2.75, 3.05) is 9.80 Å². The first kappa shape index (κ1) is 33.5. The Bertz CT molecular complexity index is 3260. The Morgan fingerprint density at radius 3 is 1.14 bits per heavy atom. The molecule has 0 saturated heterocycles. The SMILES string of the molecule is [2H]c1c([2H])c(N(c2ccccc2)c2ccccc2)c([2H])c([2H])c1-c1ccc(-c2ccc(N(c3ccccc3)c3ccc4c(c3)C(c3ccccc3)(c3ccccc3)c3ccccc3-4)cc2)cc1. The molecule has 1 aliphatic carbocycles. The normalized spacial score (nSPS) is 13.1. The molecule has 10 aromatic rings. The van der Waals surface area contributed by atoms with Gasteiger partial charge >= 0.3 is 0 Å². The van der Waals surface area contributed by atoms with Crippen molar-refractivity contribution < 1.29 is 5.48 Å². The van der Waals surface area contributed by atoms with Crippen LogP contribution in [-0.2, 0) is 5.41 Å². The first-order valence-corrected chi connectivity index (χ1v) is 21.4. The van der Waals surface area contributed by atoms with Crippen LogP contribution in [0.5, 0.6) is 0 Å². The minimum atomic E-state index is -0.526. The van der Waals surface area contributed by atoms with Gasteiger partial charge in [0.05, 0.1) is 10.9 Å². The lowest BCUT2D eigenvalue weighted by Gasteiger charge is -2.35. The summed E-state index contributed by atoms with van der Waals surface area (Å²) in [5.74, 6) is 0. The van der Waals surface area contributed by atoms with Crippen LogP contribution in [0.2, 0.25) is 0 Å². The first-order chi connectivity index (χ1) is 32.9. The van der Waals surface area contributed by atoms with Crippen LogP contribution >= 0.6 is 0 Å². The number of fused-ring (bicyclic) bond motifs is 3. The van der Waals surface area contributed by atoms with E-state index in [0.717, 1.165) is 39.6 Å². The Morgan fingerprint density at radius 2 is 0.635 bits per heavy atom. The molecule has 0 radical (unpaired) electrons. The summed E-state index contributed by atoms with van der Waals surface area (Å²) in [6, 6.07) is 83.0. The zero-order valence-electron chi connectivity index (χ0n) is 38.5. The minimum Gasteiger partial charge on any atom is -0.311 e. The molecule has 0 heterocycles. The van der Waals surface area contributed by atoms with Gasteiger partial charge in [-0.05, 0) is 128 Å². The average Bonchev–Trinajstić information content (AvgIpc) is 3.69. The molecular formula is C61H44N2. The van der Waals surface area contributed by atoms with Crippen LogP contribution in [0.3, 0.4) is 0 Å². The van der Waals surface area contributed by atoms with Gasteiger partial charge in [-0.15, -0.1) is 0 Å². The summed E-state index contributed by atoms with van der Waals surface area (Å²) in [7, 11) is 0. The van der Waals surface area contributed by atoms with Gasteiger partial charge in [-0.3, -0.25) is 0 Å². The third-order valence-corrected chi connectivity index (χ3v) is 12.2. The standard InChI is InChI=1S/C61H44N2/c1-6-18-49(19-7-1)61(50-20-8-2-9-21-50)59-29-17-16-28-57(59)58-43-42-56(44-60(58)61)63(53-26-14-5-15-27-53)55-40-36-48(37-41-55)46-32-30-45(31-33-46)47-34-38-54(39-35-47)62(51-22-10-3-11-23-51)52-24-12-4-13-25-52/h1-44H/i34D,35D,38D,39D. The van der Waals surface area contributed by atoms with E-state index in [1.165, 1.54) is 33.4 Å². The van der Waals surface area contributed by atoms with Gasteiger partial charge < -0.3 is 9.80 Å². The fraction of sp³-hybridized carbons (Fsp3) is 0.0164. The van der Waals surface area contributed by atoms with Gasteiger partial charge in [0, 0.05) is 34.1 Å². The number of hydrogen-bond acceptors (Lipinski definition) is 2. The highest BCUT2D eigenvalue weighted by Crippen LogP contribution is 2.57. The van der Waals surface area contributed by atoms with Gasteiger partial charge in [0.2, 0.25) is 0 Å². The van der Waals surface area contributed by atoms with Crippen LogP contribution in [0.15, 0.2) is 267 Å². The van der Waals surface area contributed by atoms with Gasteiger partial charge in [-0.25, -0.2) is 0 Å². The monoisotopic (exact) mass is 808 g/mol. The largest absolute Gasteiger partial charge is 0.311 e. The minimum absolute atomic E-state index is 0.0915. The van der Waals surface area contributed by atoms with Crippen LogP contribution in [0.1, 0.15) is 27.7 Å². The second-order valence-corrected chi connectivity index (χ2v) is 15.8. The summed E-state index contributed by atoms with van der Waals surface area (Å²) >= 11 is 0. The van der Waals surface area contributed by atoms with Crippen LogP contribution in [0.4, 0.5) is 34.1 Å². The zero-order chi connectivity index (χ0) is 45.5. The van der Waals surface area contributed by atoms with Gasteiger partial charge in [-0.2, -0.15) is 0 Å². The molecule has 0 atom stereocenters. The molecule has 0 spiro atoms. The maximum atomic E-state index is 9.24. The highest BCUT2D eigenvalue weighted by molar-refractivity contribution is 5.90. The molecule has 0 aromatic heterocycles. The van der Waals surface area contributed by atoms with E-state index < -0.39 is 5.41 Å². The second kappa shape index (κ2) is 16.3. The van der Waals surface area contributed by atoms with Gasteiger partial charge in [0.1, 0.15) is 0 Å². The van der Waals surface area contributed by atoms with Crippen molar-refractivity contribution in [1.29, 1.82) is 0 Å². The maximum Gasteiger partial charge on any atom is 0.0714 e. The van der Waals surface area contributed by atoms with Gasteiger partial charge in [0.15, 0.2) is 0 Å². The van der Waals surface area contributed by atoms with Crippen molar-refractivity contribution in [3.63, 3.8) is 0 Å². The van der Waals surface area contributed by atoms with E-state index in [9.17, 15) is 5.48 Å². The first-order valence-electron chi connectivity index (χ1n) is 23.4. The highest BCUT2D eigenvalue weighted by Gasteiger charge is 2.46. The van der Waals surface area contributed by atoms with E-state index in [4.69, 9.17) is 0 Å². The lowest BCUT2D eigenvalue weighted by molar-refractivity contribution is 0.768. The zero-order valence-corrected chi connectivity index (χ0v) is 34.5. The molecule has 298 valence electrons. The van der Waals surface area contributed by atoms with Crippen LogP contribution in [0.25, 0.3) is 33.4 Å². The molecule has 2 nitrogen and oxygen atoms in total. The number of hydrogen-bond donors (Lipinski definition) is 0. The molecule has 0 saturated carbocycles. The summed E-state index contributed by atoms with van der Waals surface area (Å²) in [4.78, 5) is 4.11. The fourth-order valence-electron chi connectivity index (χ4n) is 9.35. The number of para-hydroxylation sites is 3. The Balaban J connectivity index is 0.959. The van der Waals surface area contributed by atoms with E-state index in [1.54, 1.807) is 4.90 Å². The molecule has 0 aliphatic heterocycles. The summed E-state index contributed by atoms with van der Waals surface area (Å²) in [5.41, 5.74) is 14.6. The van der Waals surface area contributed by atoms with Crippen molar-refractivity contribution in [2.45, 2.75) is 5.41 Å². The summed E-state index contributed by atoms with van der Waals surface area (Å²) in [6.45, 7) is 0. The van der Waals surface area contributed by atoms with Crippen molar-refractivity contribution in [2.24, 2.45) is 0 Å². The third kappa shape index (κ3) is 6.79. The van der Waals surface area contributed by atoms with Gasteiger partial charge in [-0.1, -0.05) is 194 Å². The molecule has 1 aliphatic rings. The number of rotatable bonds is 10. The smallest absolute Gasteiger partial charge is 0.0714 e. The molecule has 63 heavy (non-hydrogen) atoms. The predicted molar refractivity (Wildman–Crippen MR) is 264 cm³/mol. The van der Waals surface area contributed by atoms with Gasteiger partial charge in [0.25, 0.3) is 0 Å². The molecule has 0 fully saturated rings. The van der Waals surface area contributed by atoms with Crippen molar-refractivity contribution >= 4 is 34.1 Å². The van der Waals surface area contributed by atoms with E-state index in [0.29, 0.717) is 5.56 Å². The number of nitrogens with zero attached hydrogens (tertiary/aromatic N) is 2. The molecule has 0 amide bonds. The molecule has 2 heteroatoms. The van der Waals surface area contributed by atoms with Crippen LogP contribution in [0, 0.1) is 0 Å². The number of benzene rings is 10. The predicted octanol–water partition coefficient (Wildman–Crippen LogP) is 16.3. The van der Waals surface area contributed by atoms with Crippen molar-refractivity contribution in [3.8, 4) is 33.4 Å². The molecular weight excluding hydrogens is 761 g/mol.